The summed E-state index contributed by atoms with van der Waals surface area (Å²) in [4.78, 5) is 0. The van der Waals surface area contributed by atoms with Gasteiger partial charge in [0.1, 0.15) is 0 Å². The van der Waals surface area contributed by atoms with Crippen molar-refractivity contribution in [1.82, 2.24) is 0 Å². The number of rotatable bonds is 5. The molecule has 0 radical (unpaired) electrons. The second-order valence-corrected chi connectivity index (χ2v) is 6.36. The van der Waals surface area contributed by atoms with Crippen LogP contribution in [0.15, 0.2) is 72.8 Å². The van der Waals surface area contributed by atoms with Gasteiger partial charge in [0, 0.05) is 12.2 Å². The molecule has 1 unspecified atom stereocenters. The summed E-state index contributed by atoms with van der Waals surface area (Å²) in [5, 5.41) is 3.52. The van der Waals surface area contributed by atoms with Gasteiger partial charge in [-0.15, -0.1) is 0 Å². The van der Waals surface area contributed by atoms with E-state index in [1.54, 1.807) is 0 Å². The van der Waals surface area contributed by atoms with Gasteiger partial charge in [-0.1, -0.05) is 66.2 Å². The van der Waals surface area contributed by atoms with Gasteiger partial charge in [-0.3, -0.25) is 0 Å². The van der Waals surface area contributed by atoms with Crippen LogP contribution >= 0.6 is 0 Å². The average molecular weight is 316 g/mol. The van der Waals surface area contributed by atoms with Crippen LogP contribution in [0.4, 0.5) is 5.69 Å². The van der Waals surface area contributed by atoms with Crippen LogP contribution in [0.25, 0.3) is 0 Å². The van der Waals surface area contributed by atoms with Crippen molar-refractivity contribution in [3.05, 3.63) is 101 Å². The van der Waals surface area contributed by atoms with Crippen molar-refractivity contribution in [3.8, 4) is 0 Å². The number of aryl methyl sites for hydroxylation is 2. The highest BCUT2D eigenvalue weighted by molar-refractivity contribution is 5.51. The molecule has 0 aliphatic carbocycles. The summed E-state index contributed by atoms with van der Waals surface area (Å²) in [5.41, 5.74) is 13.6. The van der Waals surface area contributed by atoms with Gasteiger partial charge in [0.05, 0.1) is 6.04 Å². The number of nitrogens with two attached hydrogens (primary N) is 1. The summed E-state index contributed by atoms with van der Waals surface area (Å²) in [6.45, 7) is 5.04. The van der Waals surface area contributed by atoms with Gasteiger partial charge >= 0.3 is 0 Å². The second kappa shape index (κ2) is 7.33. The molecule has 0 amide bonds. The number of anilines is 1. The van der Waals surface area contributed by atoms with Crippen molar-refractivity contribution in [1.29, 1.82) is 0 Å². The van der Waals surface area contributed by atoms with E-state index < -0.39 is 0 Å². The molecule has 2 nitrogen and oxygen atoms in total. The van der Waals surface area contributed by atoms with E-state index in [0.717, 1.165) is 23.4 Å². The van der Waals surface area contributed by atoms with Gasteiger partial charge < -0.3 is 11.1 Å². The number of benzene rings is 3. The first-order valence-corrected chi connectivity index (χ1v) is 8.33. The SMILES string of the molecule is Cc1cccc(CNc2cc(C)cc(C(N)c3ccccc3)c2)c1. The fraction of sp³-hybridized carbons (Fsp3) is 0.182. The average Bonchev–Trinajstić information content (AvgIpc) is 2.60. The van der Waals surface area contributed by atoms with E-state index in [1.165, 1.54) is 16.7 Å². The summed E-state index contributed by atoms with van der Waals surface area (Å²) < 4.78 is 0. The molecule has 24 heavy (non-hydrogen) atoms. The van der Waals surface area contributed by atoms with Crippen LogP contribution < -0.4 is 11.1 Å². The lowest BCUT2D eigenvalue weighted by atomic mass is 9.97. The zero-order chi connectivity index (χ0) is 16.9. The molecule has 3 N–H and O–H groups in total. The minimum atomic E-state index is -0.106. The van der Waals surface area contributed by atoms with Gasteiger partial charge in [-0.05, 0) is 48.2 Å². The molecule has 0 spiro atoms. The Labute approximate surface area is 144 Å². The highest BCUT2D eigenvalue weighted by Gasteiger charge is 2.10. The summed E-state index contributed by atoms with van der Waals surface area (Å²) in [6.07, 6.45) is 0. The summed E-state index contributed by atoms with van der Waals surface area (Å²) in [5.74, 6) is 0. The van der Waals surface area contributed by atoms with Crippen LogP contribution in [-0.4, -0.2) is 0 Å². The molecule has 0 aromatic heterocycles. The molecule has 0 aliphatic rings. The second-order valence-electron chi connectivity index (χ2n) is 6.36. The normalized spacial score (nSPS) is 12.0. The van der Waals surface area contributed by atoms with E-state index in [2.05, 4.69) is 73.8 Å². The lowest BCUT2D eigenvalue weighted by Gasteiger charge is -2.16. The Morgan fingerprint density at radius 1 is 0.792 bits per heavy atom. The third-order valence-corrected chi connectivity index (χ3v) is 4.20. The van der Waals surface area contributed by atoms with Crippen LogP contribution in [0.2, 0.25) is 0 Å². The Hall–Kier alpha value is -2.58. The van der Waals surface area contributed by atoms with Crippen molar-refractivity contribution in [3.63, 3.8) is 0 Å². The van der Waals surface area contributed by atoms with Crippen LogP contribution in [0, 0.1) is 13.8 Å². The summed E-state index contributed by atoms with van der Waals surface area (Å²) in [6, 6.07) is 25.2. The van der Waals surface area contributed by atoms with Gasteiger partial charge in [-0.2, -0.15) is 0 Å². The van der Waals surface area contributed by atoms with Gasteiger partial charge in [0.15, 0.2) is 0 Å². The van der Waals surface area contributed by atoms with E-state index in [-0.39, 0.29) is 6.04 Å². The molecule has 122 valence electrons. The maximum Gasteiger partial charge on any atom is 0.0552 e. The predicted molar refractivity (Wildman–Crippen MR) is 102 cm³/mol. The molecule has 0 bridgehead atoms. The van der Waals surface area contributed by atoms with Crippen molar-refractivity contribution in [2.75, 3.05) is 5.32 Å². The highest BCUT2D eigenvalue weighted by atomic mass is 14.9. The highest BCUT2D eigenvalue weighted by Crippen LogP contribution is 2.24. The summed E-state index contributed by atoms with van der Waals surface area (Å²) >= 11 is 0. The summed E-state index contributed by atoms with van der Waals surface area (Å²) in [7, 11) is 0. The van der Waals surface area contributed by atoms with Gasteiger partial charge in [0.25, 0.3) is 0 Å². The molecule has 0 heterocycles. The maximum absolute atomic E-state index is 6.45. The number of hydrogen-bond donors (Lipinski definition) is 2. The largest absolute Gasteiger partial charge is 0.381 e. The minimum absolute atomic E-state index is 0.106. The fourth-order valence-corrected chi connectivity index (χ4v) is 2.97. The Balaban J connectivity index is 1.79. The standard InChI is InChI=1S/C22H24N2/c1-16-7-6-8-18(11-16)15-24-21-13-17(2)12-20(14-21)22(23)19-9-4-3-5-10-19/h3-14,22,24H,15,23H2,1-2H3. The van der Waals surface area contributed by atoms with Crippen molar-refractivity contribution in [2.24, 2.45) is 5.73 Å². The van der Waals surface area contributed by atoms with E-state index >= 15 is 0 Å². The monoisotopic (exact) mass is 316 g/mol. The molecule has 3 aromatic rings. The van der Waals surface area contributed by atoms with E-state index in [9.17, 15) is 0 Å². The van der Waals surface area contributed by atoms with E-state index in [1.807, 2.05) is 18.2 Å². The Morgan fingerprint density at radius 2 is 1.58 bits per heavy atom. The fourth-order valence-electron chi connectivity index (χ4n) is 2.97. The molecule has 3 aromatic carbocycles. The molecule has 0 fully saturated rings. The quantitative estimate of drug-likeness (QED) is 0.698. The Morgan fingerprint density at radius 3 is 2.33 bits per heavy atom. The smallest absolute Gasteiger partial charge is 0.0552 e. The first-order valence-electron chi connectivity index (χ1n) is 8.33. The Kier molecular flexibility index (Phi) is 4.97. The van der Waals surface area contributed by atoms with Gasteiger partial charge in [-0.25, -0.2) is 0 Å². The third-order valence-electron chi connectivity index (χ3n) is 4.20. The molecular weight excluding hydrogens is 292 g/mol. The van der Waals surface area contributed by atoms with Crippen LogP contribution in [0.1, 0.15) is 33.9 Å². The zero-order valence-electron chi connectivity index (χ0n) is 14.3. The Bertz CT molecular complexity index is 809. The molecule has 3 rings (SSSR count). The number of nitrogens with one attached hydrogen (secondary N) is 1. The van der Waals surface area contributed by atoms with Gasteiger partial charge in [0.2, 0.25) is 0 Å². The van der Waals surface area contributed by atoms with Crippen molar-refractivity contribution >= 4 is 5.69 Å². The first kappa shape index (κ1) is 16.3. The maximum atomic E-state index is 6.45. The minimum Gasteiger partial charge on any atom is -0.381 e. The van der Waals surface area contributed by atoms with Crippen LogP contribution in [0.5, 0.6) is 0 Å². The molecule has 1 atom stereocenters. The van der Waals surface area contributed by atoms with Crippen molar-refractivity contribution < 1.29 is 0 Å². The molecule has 0 aliphatic heterocycles. The van der Waals surface area contributed by atoms with Crippen LogP contribution in [-0.2, 0) is 6.54 Å². The van der Waals surface area contributed by atoms with E-state index in [0.29, 0.717) is 0 Å². The lowest BCUT2D eigenvalue weighted by Crippen LogP contribution is -2.12. The lowest BCUT2D eigenvalue weighted by molar-refractivity contribution is 0.869. The van der Waals surface area contributed by atoms with Crippen molar-refractivity contribution in [2.45, 2.75) is 26.4 Å². The predicted octanol–water partition coefficient (Wildman–Crippen LogP) is 4.96. The molecule has 0 saturated carbocycles. The van der Waals surface area contributed by atoms with Crippen LogP contribution in [0.3, 0.4) is 0 Å². The zero-order valence-corrected chi connectivity index (χ0v) is 14.3. The third kappa shape index (κ3) is 4.03. The first-order chi connectivity index (χ1) is 11.6. The molecule has 2 heteroatoms. The molecule has 0 saturated heterocycles. The topological polar surface area (TPSA) is 38.0 Å². The molecular formula is C22H24N2. The van der Waals surface area contributed by atoms with E-state index in [4.69, 9.17) is 5.73 Å². The number of hydrogen-bond acceptors (Lipinski definition) is 2.